The predicted molar refractivity (Wildman–Crippen MR) is 76.2 cm³/mol. The summed E-state index contributed by atoms with van der Waals surface area (Å²) in [5, 5.41) is 10.8. The van der Waals surface area contributed by atoms with Gasteiger partial charge in [-0.3, -0.25) is 9.59 Å². The van der Waals surface area contributed by atoms with Gasteiger partial charge in [0.05, 0.1) is 11.3 Å². The van der Waals surface area contributed by atoms with Crippen LogP contribution in [0.15, 0.2) is 11.4 Å². The normalized spacial score (nSPS) is 16.1. The second-order valence-corrected chi connectivity index (χ2v) is 5.83. The van der Waals surface area contributed by atoms with Crippen molar-refractivity contribution in [1.82, 2.24) is 4.90 Å². The Morgan fingerprint density at radius 3 is 2.70 bits per heavy atom. The van der Waals surface area contributed by atoms with Gasteiger partial charge in [0.25, 0.3) is 5.91 Å². The van der Waals surface area contributed by atoms with E-state index in [2.05, 4.69) is 0 Å². The number of ether oxygens (including phenoxy) is 1. The number of amides is 1. The fourth-order valence-corrected chi connectivity index (χ4v) is 3.27. The summed E-state index contributed by atoms with van der Waals surface area (Å²) in [6.45, 7) is 3.43. The first-order valence-corrected chi connectivity index (χ1v) is 7.62. The van der Waals surface area contributed by atoms with Crippen LogP contribution in [0.3, 0.4) is 0 Å². The van der Waals surface area contributed by atoms with Gasteiger partial charge in [-0.15, -0.1) is 11.3 Å². The summed E-state index contributed by atoms with van der Waals surface area (Å²) in [6, 6.07) is 1.99. The first-order valence-electron chi connectivity index (χ1n) is 6.74. The van der Waals surface area contributed by atoms with Crippen LogP contribution in [-0.4, -0.2) is 47.7 Å². The molecule has 1 aromatic heterocycles. The van der Waals surface area contributed by atoms with Crippen LogP contribution in [0.4, 0.5) is 0 Å². The lowest BCUT2D eigenvalue weighted by Gasteiger charge is -2.34. The lowest BCUT2D eigenvalue weighted by Crippen LogP contribution is -2.44. The molecule has 0 aromatic carbocycles. The molecule has 0 aliphatic carbocycles. The van der Waals surface area contributed by atoms with Crippen molar-refractivity contribution < 1.29 is 19.4 Å². The molecular weight excluding hydrogens is 278 g/mol. The average Bonchev–Trinajstić information content (AvgIpc) is 2.86. The van der Waals surface area contributed by atoms with Gasteiger partial charge in [-0.1, -0.05) is 0 Å². The number of thiophene rings is 1. The topological polar surface area (TPSA) is 66.8 Å². The van der Waals surface area contributed by atoms with Crippen molar-refractivity contribution >= 4 is 23.2 Å². The van der Waals surface area contributed by atoms with E-state index in [9.17, 15) is 9.59 Å². The molecule has 1 aromatic rings. The van der Waals surface area contributed by atoms with Gasteiger partial charge in [-0.05, 0) is 36.8 Å². The minimum absolute atomic E-state index is 0.0203. The molecule has 20 heavy (non-hydrogen) atoms. The molecule has 2 rings (SSSR count). The molecule has 6 heteroatoms. The summed E-state index contributed by atoms with van der Waals surface area (Å²) in [4.78, 5) is 25.9. The van der Waals surface area contributed by atoms with E-state index in [4.69, 9.17) is 9.84 Å². The molecule has 0 unspecified atom stereocenters. The van der Waals surface area contributed by atoms with Crippen molar-refractivity contribution in [3.05, 3.63) is 21.9 Å². The number of nitrogens with zero attached hydrogens (tertiary/aromatic N) is 1. The highest BCUT2D eigenvalue weighted by Crippen LogP contribution is 2.22. The highest BCUT2D eigenvalue weighted by Gasteiger charge is 2.28. The minimum atomic E-state index is -0.877. The second kappa shape index (κ2) is 6.85. The molecule has 2 heterocycles. The lowest BCUT2D eigenvalue weighted by atomic mass is 10.1. The number of carbonyl (C=O) groups excluding carboxylic acids is 1. The quantitative estimate of drug-likeness (QED) is 0.904. The second-order valence-electron chi connectivity index (χ2n) is 4.92. The Labute approximate surface area is 122 Å². The van der Waals surface area contributed by atoms with Crippen LogP contribution in [-0.2, 0) is 9.53 Å². The van der Waals surface area contributed by atoms with Gasteiger partial charge in [-0.2, -0.15) is 0 Å². The molecule has 0 radical (unpaired) electrons. The maximum absolute atomic E-state index is 12.6. The molecule has 5 nitrogen and oxygen atoms in total. The van der Waals surface area contributed by atoms with Gasteiger partial charge in [0, 0.05) is 25.8 Å². The fraction of sp³-hybridized carbons (Fsp3) is 0.571. The zero-order valence-electron chi connectivity index (χ0n) is 11.5. The number of hydrogen-bond donors (Lipinski definition) is 1. The molecule has 0 spiro atoms. The van der Waals surface area contributed by atoms with E-state index < -0.39 is 5.97 Å². The summed E-state index contributed by atoms with van der Waals surface area (Å²) in [5.41, 5.74) is 0.951. The average molecular weight is 297 g/mol. The molecule has 0 atom stereocenters. The third-order valence-electron chi connectivity index (χ3n) is 3.52. The number of aryl methyl sites for hydroxylation is 1. The van der Waals surface area contributed by atoms with Crippen molar-refractivity contribution in [3.63, 3.8) is 0 Å². The maximum Gasteiger partial charge on any atom is 0.305 e. The van der Waals surface area contributed by atoms with Crippen molar-refractivity contribution in [2.24, 2.45) is 0 Å². The number of carboxylic acid groups (broad SMARTS) is 1. The van der Waals surface area contributed by atoms with E-state index in [-0.39, 0.29) is 24.9 Å². The Hall–Kier alpha value is -1.40. The minimum Gasteiger partial charge on any atom is -0.481 e. The number of carboxylic acids is 1. The van der Waals surface area contributed by atoms with Crippen LogP contribution in [0.5, 0.6) is 0 Å². The van der Waals surface area contributed by atoms with Gasteiger partial charge in [0.2, 0.25) is 0 Å². The van der Waals surface area contributed by atoms with Crippen molar-refractivity contribution in [1.29, 1.82) is 0 Å². The van der Waals surface area contributed by atoms with Crippen molar-refractivity contribution in [2.75, 3.05) is 19.8 Å². The van der Waals surface area contributed by atoms with Crippen LogP contribution < -0.4 is 0 Å². The van der Waals surface area contributed by atoms with Gasteiger partial charge >= 0.3 is 5.97 Å². The smallest absolute Gasteiger partial charge is 0.305 e. The largest absolute Gasteiger partial charge is 0.481 e. The zero-order chi connectivity index (χ0) is 14.5. The first-order chi connectivity index (χ1) is 9.59. The van der Waals surface area contributed by atoms with E-state index in [0.717, 1.165) is 18.4 Å². The summed E-state index contributed by atoms with van der Waals surface area (Å²) in [7, 11) is 0. The van der Waals surface area contributed by atoms with Crippen molar-refractivity contribution in [2.45, 2.75) is 32.2 Å². The van der Waals surface area contributed by atoms with Crippen LogP contribution in [0.1, 0.15) is 34.5 Å². The molecule has 1 saturated heterocycles. The van der Waals surface area contributed by atoms with E-state index in [0.29, 0.717) is 18.1 Å². The first kappa shape index (κ1) is 15.0. The van der Waals surface area contributed by atoms with Crippen LogP contribution >= 0.6 is 11.3 Å². The van der Waals surface area contributed by atoms with Gasteiger partial charge < -0.3 is 14.7 Å². The number of rotatable bonds is 5. The summed E-state index contributed by atoms with van der Waals surface area (Å²) in [5.74, 6) is -0.927. The zero-order valence-corrected chi connectivity index (χ0v) is 12.3. The highest BCUT2D eigenvalue weighted by atomic mass is 32.1. The van der Waals surface area contributed by atoms with E-state index in [1.54, 1.807) is 4.90 Å². The molecular formula is C14H19NO4S. The maximum atomic E-state index is 12.6. The SMILES string of the molecule is Cc1ccsc1C(=O)N(CCC(=O)O)C1CCOCC1. The predicted octanol–water partition coefficient (Wildman–Crippen LogP) is 2.15. The highest BCUT2D eigenvalue weighted by molar-refractivity contribution is 7.12. The third kappa shape index (κ3) is 3.58. The molecule has 110 valence electrons. The van der Waals surface area contributed by atoms with E-state index in [1.165, 1.54) is 11.3 Å². The summed E-state index contributed by atoms with van der Waals surface area (Å²) in [6.07, 6.45) is 1.53. The monoisotopic (exact) mass is 297 g/mol. The Balaban J connectivity index is 2.14. The number of aliphatic carboxylic acids is 1. The Kier molecular flexibility index (Phi) is 5.14. The van der Waals surface area contributed by atoms with Gasteiger partial charge in [0.1, 0.15) is 0 Å². The summed E-state index contributed by atoms with van der Waals surface area (Å²) < 4.78 is 5.32. The molecule has 1 aliphatic rings. The Morgan fingerprint density at radius 1 is 1.45 bits per heavy atom. The Bertz CT molecular complexity index is 479. The van der Waals surface area contributed by atoms with Crippen LogP contribution in [0.25, 0.3) is 0 Å². The summed E-state index contributed by atoms with van der Waals surface area (Å²) >= 11 is 1.41. The molecule has 1 N–H and O–H groups in total. The van der Waals surface area contributed by atoms with Gasteiger partial charge in [-0.25, -0.2) is 0 Å². The molecule has 1 amide bonds. The van der Waals surface area contributed by atoms with Crippen LogP contribution in [0.2, 0.25) is 0 Å². The van der Waals surface area contributed by atoms with Crippen molar-refractivity contribution in [3.8, 4) is 0 Å². The van der Waals surface area contributed by atoms with Crippen LogP contribution in [0, 0.1) is 6.92 Å². The lowest BCUT2D eigenvalue weighted by molar-refractivity contribution is -0.137. The van der Waals surface area contributed by atoms with Gasteiger partial charge in [0.15, 0.2) is 0 Å². The Morgan fingerprint density at radius 2 is 2.15 bits per heavy atom. The number of hydrogen-bond acceptors (Lipinski definition) is 4. The standard InChI is InChI=1S/C14H19NO4S/c1-10-5-9-20-13(10)14(18)15(6-2-12(16)17)11-3-7-19-8-4-11/h5,9,11H,2-4,6-8H2,1H3,(H,16,17). The third-order valence-corrected chi connectivity index (χ3v) is 4.52. The molecule has 1 fully saturated rings. The molecule has 0 saturated carbocycles. The van der Waals surface area contributed by atoms with E-state index >= 15 is 0 Å². The number of carbonyl (C=O) groups is 2. The molecule has 0 bridgehead atoms. The fourth-order valence-electron chi connectivity index (χ4n) is 2.39. The molecule has 1 aliphatic heterocycles. The van der Waals surface area contributed by atoms with E-state index in [1.807, 2.05) is 18.4 Å².